The predicted molar refractivity (Wildman–Crippen MR) is 72.9 cm³/mol. The summed E-state index contributed by atoms with van der Waals surface area (Å²) in [5.74, 6) is -1.72. The fourth-order valence-corrected chi connectivity index (χ4v) is 2.26. The van der Waals surface area contributed by atoms with E-state index in [9.17, 15) is 14.3 Å². The van der Waals surface area contributed by atoms with E-state index in [1.165, 1.54) is 12.1 Å². The molecular weight excluding hydrogens is 259 g/mol. The Morgan fingerprint density at radius 1 is 1.35 bits per heavy atom. The Labute approximate surface area is 116 Å². The van der Waals surface area contributed by atoms with Gasteiger partial charge in [-0.2, -0.15) is 5.10 Å². The average Bonchev–Trinajstić information content (AvgIpc) is 2.69. The SMILES string of the molecule is Cc1cc(CC(Cc2ccc(F)cc2)C(=O)O)n(C)n1. The number of halogens is 1. The number of carboxylic acid groups (broad SMARTS) is 1. The number of carbonyl (C=O) groups is 1. The highest BCUT2D eigenvalue weighted by Gasteiger charge is 2.20. The second kappa shape index (κ2) is 5.86. The van der Waals surface area contributed by atoms with Crippen molar-refractivity contribution in [1.29, 1.82) is 0 Å². The van der Waals surface area contributed by atoms with E-state index < -0.39 is 11.9 Å². The Kier molecular flexibility index (Phi) is 4.17. The van der Waals surface area contributed by atoms with Crippen LogP contribution in [-0.4, -0.2) is 20.9 Å². The minimum atomic E-state index is -0.854. The largest absolute Gasteiger partial charge is 0.481 e. The van der Waals surface area contributed by atoms with Crippen molar-refractivity contribution in [3.63, 3.8) is 0 Å². The molecule has 20 heavy (non-hydrogen) atoms. The van der Waals surface area contributed by atoms with Gasteiger partial charge in [-0.25, -0.2) is 4.39 Å². The molecule has 0 aliphatic carbocycles. The molecule has 0 saturated heterocycles. The molecule has 2 aromatic rings. The third kappa shape index (κ3) is 3.44. The van der Waals surface area contributed by atoms with E-state index in [1.807, 2.05) is 13.0 Å². The number of hydrogen-bond acceptors (Lipinski definition) is 2. The fraction of sp³-hybridized carbons (Fsp3) is 0.333. The molecule has 1 N–H and O–H groups in total. The number of rotatable bonds is 5. The van der Waals surface area contributed by atoms with Crippen LogP contribution in [0.4, 0.5) is 4.39 Å². The number of hydrogen-bond donors (Lipinski definition) is 1. The summed E-state index contributed by atoms with van der Waals surface area (Å²) < 4.78 is 14.6. The summed E-state index contributed by atoms with van der Waals surface area (Å²) in [7, 11) is 1.80. The molecule has 0 aliphatic heterocycles. The van der Waals surface area contributed by atoms with Crippen LogP contribution in [0.25, 0.3) is 0 Å². The first-order valence-electron chi connectivity index (χ1n) is 6.42. The first-order valence-corrected chi connectivity index (χ1v) is 6.42. The lowest BCUT2D eigenvalue weighted by Crippen LogP contribution is -2.20. The molecule has 2 rings (SSSR count). The monoisotopic (exact) mass is 276 g/mol. The molecule has 4 nitrogen and oxygen atoms in total. The van der Waals surface area contributed by atoms with E-state index in [4.69, 9.17) is 0 Å². The molecule has 106 valence electrons. The van der Waals surface area contributed by atoms with Crippen LogP contribution in [0, 0.1) is 18.7 Å². The molecule has 5 heteroatoms. The minimum Gasteiger partial charge on any atom is -0.481 e. The van der Waals surface area contributed by atoms with Gasteiger partial charge in [-0.15, -0.1) is 0 Å². The second-order valence-corrected chi connectivity index (χ2v) is 4.97. The average molecular weight is 276 g/mol. The molecule has 0 radical (unpaired) electrons. The predicted octanol–water partition coefficient (Wildman–Crippen LogP) is 2.35. The van der Waals surface area contributed by atoms with Gasteiger partial charge in [0.05, 0.1) is 11.6 Å². The quantitative estimate of drug-likeness (QED) is 0.912. The molecule has 0 amide bonds. The Morgan fingerprint density at radius 2 is 2.00 bits per heavy atom. The third-order valence-electron chi connectivity index (χ3n) is 3.30. The molecule has 1 aromatic heterocycles. The van der Waals surface area contributed by atoms with E-state index in [1.54, 1.807) is 23.9 Å². The molecule has 1 aromatic carbocycles. The summed E-state index contributed by atoms with van der Waals surface area (Å²) in [4.78, 5) is 11.4. The van der Waals surface area contributed by atoms with Crippen LogP contribution in [0.5, 0.6) is 0 Å². The van der Waals surface area contributed by atoms with Crippen LogP contribution >= 0.6 is 0 Å². The van der Waals surface area contributed by atoms with Crippen molar-refractivity contribution in [3.8, 4) is 0 Å². The highest BCUT2D eigenvalue weighted by molar-refractivity contribution is 5.70. The van der Waals surface area contributed by atoms with Crippen molar-refractivity contribution in [2.75, 3.05) is 0 Å². The van der Waals surface area contributed by atoms with Gasteiger partial charge < -0.3 is 5.11 Å². The van der Waals surface area contributed by atoms with Crippen molar-refractivity contribution in [3.05, 3.63) is 53.1 Å². The van der Waals surface area contributed by atoms with Gasteiger partial charge in [0.15, 0.2) is 0 Å². The van der Waals surface area contributed by atoms with Gasteiger partial charge in [0.1, 0.15) is 5.82 Å². The van der Waals surface area contributed by atoms with Gasteiger partial charge in [-0.05, 0) is 37.1 Å². The van der Waals surface area contributed by atoms with E-state index in [2.05, 4.69) is 5.10 Å². The molecule has 0 bridgehead atoms. The lowest BCUT2D eigenvalue weighted by Gasteiger charge is -2.12. The second-order valence-electron chi connectivity index (χ2n) is 4.97. The number of aryl methyl sites for hydroxylation is 2. The maximum atomic E-state index is 12.9. The molecule has 0 spiro atoms. The van der Waals surface area contributed by atoms with E-state index >= 15 is 0 Å². The summed E-state index contributed by atoms with van der Waals surface area (Å²) in [6.45, 7) is 1.87. The van der Waals surface area contributed by atoms with Crippen molar-refractivity contribution < 1.29 is 14.3 Å². The lowest BCUT2D eigenvalue weighted by molar-refractivity contribution is -0.141. The molecular formula is C15H17FN2O2. The zero-order chi connectivity index (χ0) is 14.7. The van der Waals surface area contributed by atoms with Gasteiger partial charge in [0, 0.05) is 19.2 Å². The van der Waals surface area contributed by atoms with Crippen LogP contribution in [0.1, 0.15) is 17.0 Å². The van der Waals surface area contributed by atoms with Crippen molar-refractivity contribution in [1.82, 2.24) is 9.78 Å². The maximum Gasteiger partial charge on any atom is 0.307 e. The Balaban J connectivity index is 2.13. The van der Waals surface area contributed by atoms with Crippen molar-refractivity contribution >= 4 is 5.97 Å². The molecule has 0 aliphatic rings. The van der Waals surface area contributed by atoms with Crippen LogP contribution in [0.15, 0.2) is 30.3 Å². The number of nitrogens with zero attached hydrogens (tertiary/aromatic N) is 2. The number of benzene rings is 1. The summed E-state index contributed by atoms with van der Waals surface area (Å²) in [6, 6.07) is 7.84. The number of carboxylic acids is 1. The summed E-state index contributed by atoms with van der Waals surface area (Å²) >= 11 is 0. The lowest BCUT2D eigenvalue weighted by atomic mass is 9.94. The van der Waals surface area contributed by atoms with Crippen LogP contribution in [0.2, 0.25) is 0 Å². The van der Waals surface area contributed by atoms with Gasteiger partial charge in [0.2, 0.25) is 0 Å². The summed E-state index contributed by atoms with van der Waals surface area (Å²) in [5.41, 5.74) is 2.57. The van der Waals surface area contributed by atoms with Crippen molar-refractivity contribution in [2.45, 2.75) is 19.8 Å². The first-order chi connectivity index (χ1) is 9.45. The highest BCUT2D eigenvalue weighted by atomic mass is 19.1. The normalized spacial score (nSPS) is 12.3. The molecule has 1 atom stereocenters. The van der Waals surface area contributed by atoms with E-state index in [0.717, 1.165) is 17.0 Å². The highest BCUT2D eigenvalue weighted by Crippen LogP contribution is 2.16. The zero-order valence-corrected chi connectivity index (χ0v) is 11.5. The van der Waals surface area contributed by atoms with Gasteiger partial charge in [-0.3, -0.25) is 9.48 Å². The molecule has 1 unspecified atom stereocenters. The van der Waals surface area contributed by atoms with Crippen LogP contribution in [-0.2, 0) is 24.7 Å². The molecule has 0 fully saturated rings. The Hall–Kier alpha value is -2.17. The maximum absolute atomic E-state index is 12.9. The van der Waals surface area contributed by atoms with Crippen LogP contribution in [0.3, 0.4) is 0 Å². The van der Waals surface area contributed by atoms with Gasteiger partial charge in [0.25, 0.3) is 0 Å². The minimum absolute atomic E-state index is 0.317. The number of aromatic nitrogens is 2. The van der Waals surface area contributed by atoms with Gasteiger partial charge in [-0.1, -0.05) is 12.1 Å². The van der Waals surface area contributed by atoms with E-state index in [0.29, 0.717) is 12.8 Å². The fourth-order valence-electron chi connectivity index (χ4n) is 2.26. The topological polar surface area (TPSA) is 55.1 Å². The number of aliphatic carboxylic acids is 1. The first kappa shape index (κ1) is 14.2. The van der Waals surface area contributed by atoms with E-state index in [-0.39, 0.29) is 5.82 Å². The molecule has 1 heterocycles. The smallest absolute Gasteiger partial charge is 0.307 e. The van der Waals surface area contributed by atoms with Crippen molar-refractivity contribution in [2.24, 2.45) is 13.0 Å². The summed E-state index contributed by atoms with van der Waals surface area (Å²) in [5, 5.41) is 13.6. The Bertz CT molecular complexity index is 605. The van der Waals surface area contributed by atoms with Crippen LogP contribution < -0.4 is 0 Å². The third-order valence-corrected chi connectivity index (χ3v) is 3.30. The molecule has 0 saturated carbocycles. The zero-order valence-electron chi connectivity index (χ0n) is 11.5. The Morgan fingerprint density at radius 3 is 2.50 bits per heavy atom. The van der Waals surface area contributed by atoms with Gasteiger partial charge >= 0.3 is 5.97 Å². The standard InChI is InChI=1S/C15H17FN2O2/c1-10-7-14(18(2)17-10)9-12(15(19)20)8-11-3-5-13(16)6-4-11/h3-7,12H,8-9H2,1-2H3,(H,19,20). The summed E-state index contributed by atoms with van der Waals surface area (Å²) in [6.07, 6.45) is 0.782.